The molecule has 3 rings (SSSR count). The van der Waals surface area contributed by atoms with Gasteiger partial charge in [0, 0.05) is 18.3 Å². The van der Waals surface area contributed by atoms with Gasteiger partial charge in [-0.3, -0.25) is 4.79 Å². The number of carbonyl (C=O) groups is 1. The Morgan fingerprint density at radius 1 is 0.833 bits per heavy atom. The van der Waals surface area contributed by atoms with E-state index in [1.165, 1.54) is 0 Å². The highest BCUT2D eigenvalue weighted by atomic mass is 16.5. The van der Waals surface area contributed by atoms with Crippen LogP contribution < -0.4 is 9.64 Å². The van der Waals surface area contributed by atoms with Crippen molar-refractivity contribution < 1.29 is 9.53 Å². The molecule has 1 amide bonds. The van der Waals surface area contributed by atoms with E-state index in [1.807, 2.05) is 73.7 Å². The normalized spacial score (nSPS) is 10.2. The highest BCUT2D eigenvalue weighted by molar-refractivity contribution is 6.05. The second-order valence-electron chi connectivity index (χ2n) is 5.64. The van der Waals surface area contributed by atoms with E-state index in [0.717, 1.165) is 17.0 Å². The summed E-state index contributed by atoms with van der Waals surface area (Å²) in [5.41, 5.74) is 2.63. The van der Waals surface area contributed by atoms with Crippen LogP contribution in [0.2, 0.25) is 0 Å². The van der Waals surface area contributed by atoms with E-state index in [4.69, 9.17) is 4.74 Å². The molecule has 0 heterocycles. The average Bonchev–Trinajstić information content (AvgIpc) is 2.62. The minimum Gasteiger partial charge on any atom is -0.457 e. The summed E-state index contributed by atoms with van der Waals surface area (Å²) in [6.07, 6.45) is 0. The van der Waals surface area contributed by atoms with Crippen LogP contribution in [0.1, 0.15) is 15.9 Å². The molecule has 0 aliphatic heterocycles. The summed E-state index contributed by atoms with van der Waals surface area (Å²) >= 11 is 0. The van der Waals surface area contributed by atoms with E-state index in [2.05, 4.69) is 0 Å². The molecule has 0 atom stereocenters. The van der Waals surface area contributed by atoms with Gasteiger partial charge in [0.15, 0.2) is 0 Å². The summed E-state index contributed by atoms with van der Waals surface area (Å²) in [5.74, 6) is 1.43. The number of ether oxygens (including phenoxy) is 1. The van der Waals surface area contributed by atoms with Crippen LogP contribution in [0.5, 0.6) is 11.5 Å². The molecule has 0 aliphatic carbocycles. The van der Waals surface area contributed by atoms with Crippen LogP contribution in [0.15, 0.2) is 78.9 Å². The number of para-hydroxylation sites is 1. The molecule has 3 aromatic carbocycles. The van der Waals surface area contributed by atoms with Gasteiger partial charge in [-0.05, 0) is 61.0 Å². The summed E-state index contributed by atoms with van der Waals surface area (Å²) < 4.78 is 5.75. The van der Waals surface area contributed by atoms with Gasteiger partial charge in [0.25, 0.3) is 5.91 Å². The molecular weight excluding hydrogens is 298 g/mol. The highest BCUT2D eigenvalue weighted by Crippen LogP contribution is 2.22. The summed E-state index contributed by atoms with van der Waals surface area (Å²) in [7, 11) is 1.78. The second-order valence-corrected chi connectivity index (χ2v) is 5.64. The fraction of sp³-hybridized carbons (Fsp3) is 0.0952. The lowest BCUT2D eigenvalue weighted by atomic mass is 10.1. The summed E-state index contributed by atoms with van der Waals surface area (Å²) in [6.45, 7) is 2.01. The molecule has 3 aromatic rings. The fourth-order valence-electron chi connectivity index (χ4n) is 2.44. The molecular formula is C21H19NO2. The lowest BCUT2D eigenvalue weighted by Gasteiger charge is -2.18. The van der Waals surface area contributed by atoms with Gasteiger partial charge >= 0.3 is 0 Å². The second kappa shape index (κ2) is 7.01. The Kier molecular flexibility index (Phi) is 4.62. The molecule has 0 fully saturated rings. The van der Waals surface area contributed by atoms with Crippen molar-refractivity contribution in [3.05, 3.63) is 90.0 Å². The van der Waals surface area contributed by atoms with Crippen molar-refractivity contribution in [3.8, 4) is 11.5 Å². The number of nitrogens with zero attached hydrogens (tertiary/aromatic N) is 1. The lowest BCUT2D eigenvalue weighted by molar-refractivity contribution is 0.0993. The Labute approximate surface area is 142 Å². The zero-order valence-electron chi connectivity index (χ0n) is 13.8. The van der Waals surface area contributed by atoms with Gasteiger partial charge in [0.05, 0.1) is 0 Å². The van der Waals surface area contributed by atoms with Crippen LogP contribution in [0.3, 0.4) is 0 Å². The van der Waals surface area contributed by atoms with Crippen LogP contribution in [-0.2, 0) is 0 Å². The smallest absolute Gasteiger partial charge is 0.258 e. The number of rotatable bonds is 4. The van der Waals surface area contributed by atoms with Crippen molar-refractivity contribution in [1.82, 2.24) is 0 Å². The fourth-order valence-corrected chi connectivity index (χ4v) is 2.44. The van der Waals surface area contributed by atoms with Crippen molar-refractivity contribution in [2.24, 2.45) is 0 Å². The highest BCUT2D eigenvalue weighted by Gasteiger charge is 2.13. The standard InChI is InChI=1S/C21H19NO2/c1-16-7-6-8-18(15-16)22(2)21(23)17-11-13-20(14-12-17)24-19-9-4-3-5-10-19/h3-15H,1-2H3. The maximum atomic E-state index is 12.6. The van der Waals surface area contributed by atoms with Crippen LogP contribution >= 0.6 is 0 Å². The first-order valence-electron chi connectivity index (χ1n) is 7.81. The summed E-state index contributed by atoms with van der Waals surface area (Å²) in [6, 6.07) is 24.6. The monoisotopic (exact) mass is 317 g/mol. The van der Waals surface area contributed by atoms with E-state index in [9.17, 15) is 4.79 Å². The maximum absolute atomic E-state index is 12.6. The van der Waals surface area contributed by atoms with Gasteiger partial charge in [-0.1, -0.05) is 30.3 Å². The predicted molar refractivity (Wildman–Crippen MR) is 96.9 cm³/mol. The number of benzene rings is 3. The van der Waals surface area contributed by atoms with Crippen LogP contribution in [-0.4, -0.2) is 13.0 Å². The quantitative estimate of drug-likeness (QED) is 0.673. The molecule has 3 heteroatoms. The van der Waals surface area contributed by atoms with E-state index in [1.54, 1.807) is 24.1 Å². The molecule has 0 unspecified atom stereocenters. The van der Waals surface area contributed by atoms with Crippen molar-refractivity contribution in [3.63, 3.8) is 0 Å². The molecule has 24 heavy (non-hydrogen) atoms. The van der Waals surface area contributed by atoms with Crippen molar-refractivity contribution in [2.75, 3.05) is 11.9 Å². The van der Waals surface area contributed by atoms with Crippen LogP contribution in [0, 0.1) is 6.92 Å². The van der Waals surface area contributed by atoms with E-state index < -0.39 is 0 Å². The molecule has 0 aliphatic rings. The lowest BCUT2D eigenvalue weighted by Crippen LogP contribution is -2.26. The first-order valence-corrected chi connectivity index (χ1v) is 7.81. The zero-order chi connectivity index (χ0) is 16.9. The molecule has 0 spiro atoms. The van der Waals surface area contributed by atoms with Gasteiger partial charge in [-0.2, -0.15) is 0 Å². The minimum atomic E-state index is -0.0492. The van der Waals surface area contributed by atoms with Crippen molar-refractivity contribution >= 4 is 11.6 Å². The van der Waals surface area contributed by atoms with Crippen molar-refractivity contribution in [1.29, 1.82) is 0 Å². The SMILES string of the molecule is Cc1cccc(N(C)C(=O)c2ccc(Oc3ccccc3)cc2)c1. The van der Waals surface area contributed by atoms with Gasteiger partial charge < -0.3 is 9.64 Å². The molecule has 0 N–H and O–H groups in total. The topological polar surface area (TPSA) is 29.5 Å². The van der Waals surface area contributed by atoms with Gasteiger partial charge in [-0.25, -0.2) is 0 Å². The van der Waals surface area contributed by atoms with Crippen LogP contribution in [0.25, 0.3) is 0 Å². The number of hydrogen-bond acceptors (Lipinski definition) is 2. The van der Waals surface area contributed by atoms with Gasteiger partial charge in [0.2, 0.25) is 0 Å². The minimum absolute atomic E-state index is 0.0492. The molecule has 120 valence electrons. The van der Waals surface area contributed by atoms with Gasteiger partial charge in [-0.15, -0.1) is 0 Å². The Morgan fingerprint density at radius 2 is 1.50 bits per heavy atom. The van der Waals surface area contributed by atoms with E-state index in [-0.39, 0.29) is 5.91 Å². The molecule has 0 saturated carbocycles. The molecule has 3 nitrogen and oxygen atoms in total. The van der Waals surface area contributed by atoms with Gasteiger partial charge in [0.1, 0.15) is 11.5 Å². The Hall–Kier alpha value is -3.07. The molecule has 0 aromatic heterocycles. The first-order chi connectivity index (χ1) is 11.6. The number of hydrogen-bond donors (Lipinski definition) is 0. The number of anilines is 1. The third-order valence-electron chi connectivity index (χ3n) is 3.77. The molecule has 0 bridgehead atoms. The predicted octanol–water partition coefficient (Wildman–Crippen LogP) is 5.06. The van der Waals surface area contributed by atoms with E-state index >= 15 is 0 Å². The van der Waals surface area contributed by atoms with Crippen LogP contribution in [0.4, 0.5) is 5.69 Å². The maximum Gasteiger partial charge on any atom is 0.258 e. The third-order valence-corrected chi connectivity index (χ3v) is 3.77. The average molecular weight is 317 g/mol. The number of aryl methyl sites for hydroxylation is 1. The number of carbonyl (C=O) groups excluding carboxylic acids is 1. The van der Waals surface area contributed by atoms with E-state index in [0.29, 0.717) is 11.3 Å². The number of amides is 1. The zero-order valence-corrected chi connectivity index (χ0v) is 13.8. The third kappa shape index (κ3) is 3.63. The first kappa shape index (κ1) is 15.8. The molecule has 0 saturated heterocycles. The van der Waals surface area contributed by atoms with Crippen molar-refractivity contribution in [2.45, 2.75) is 6.92 Å². The molecule has 0 radical (unpaired) electrons. The largest absolute Gasteiger partial charge is 0.457 e. The summed E-state index contributed by atoms with van der Waals surface area (Å²) in [5, 5.41) is 0. The summed E-state index contributed by atoms with van der Waals surface area (Å²) in [4.78, 5) is 14.3. The Balaban J connectivity index is 1.74. The Morgan fingerprint density at radius 3 is 2.17 bits per heavy atom. The Bertz CT molecular complexity index is 826.